The number of benzene rings is 2. The Balaban J connectivity index is 1.12. The second-order valence-corrected chi connectivity index (χ2v) is 14.7. The smallest absolute Gasteiger partial charge is 0.410 e. The minimum atomic E-state index is -0.530. The molecule has 1 aliphatic rings. The van der Waals surface area contributed by atoms with Gasteiger partial charge in [-0.1, -0.05) is 49.4 Å². The predicted molar refractivity (Wildman–Crippen MR) is 190 cm³/mol. The summed E-state index contributed by atoms with van der Waals surface area (Å²) < 4.78 is 10.9. The summed E-state index contributed by atoms with van der Waals surface area (Å²) in [6.07, 6.45) is 9.81. The Morgan fingerprint density at radius 3 is 2.52 bits per heavy atom. The molecule has 0 saturated carbocycles. The molecule has 2 aromatic heterocycles. The largest absolute Gasteiger partial charge is 0.444 e. The number of rotatable bonds is 10. The van der Waals surface area contributed by atoms with Crippen LogP contribution < -0.4 is 5.32 Å². The van der Waals surface area contributed by atoms with Crippen molar-refractivity contribution in [1.82, 2.24) is 30.2 Å². The van der Waals surface area contributed by atoms with Gasteiger partial charge in [-0.25, -0.2) is 19.6 Å². The number of fused-ring (bicyclic) bond motifs is 1. The second kappa shape index (κ2) is 14.7. The maximum absolute atomic E-state index is 12.7. The van der Waals surface area contributed by atoms with Crippen LogP contribution >= 0.6 is 0 Å². The van der Waals surface area contributed by atoms with E-state index in [1.165, 1.54) is 5.56 Å². The van der Waals surface area contributed by atoms with E-state index >= 15 is 0 Å². The Kier molecular flexibility index (Phi) is 10.6. The number of carbonyl (C=O) groups excluding carboxylic acids is 2. The van der Waals surface area contributed by atoms with Gasteiger partial charge < -0.3 is 24.8 Å². The molecule has 2 atom stereocenters. The fraction of sp³-hybridized carbons (Fsp3) is 0.474. The first kappa shape index (κ1) is 34.7. The third-order valence-electron chi connectivity index (χ3n) is 8.19. The molecule has 3 heterocycles. The molecule has 1 fully saturated rings. The molecule has 0 aliphatic carbocycles. The molecule has 2 unspecified atom stereocenters. The van der Waals surface area contributed by atoms with Gasteiger partial charge in [0.1, 0.15) is 22.9 Å². The first-order chi connectivity index (χ1) is 22.7. The van der Waals surface area contributed by atoms with Gasteiger partial charge in [0.25, 0.3) is 0 Å². The number of nitrogens with one attached hydrogen (secondary N) is 3. The quantitative estimate of drug-likeness (QED) is 0.147. The van der Waals surface area contributed by atoms with Gasteiger partial charge in [0, 0.05) is 19.0 Å². The van der Waals surface area contributed by atoms with E-state index in [4.69, 9.17) is 14.5 Å². The van der Waals surface area contributed by atoms with Gasteiger partial charge in [0.15, 0.2) is 0 Å². The van der Waals surface area contributed by atoms with Crippen molar-refractivity contribution in [1.29, 1.82) is 0 Å². The van der Waals surface area contributed by atoms with Gasteiger partial charge in [-0.15, -0.1) is 0 Å². The first-order valence-corrected chi connectivity index (χ1v) is 17.0. The van der Waals surface area contributed by atoms with E-state index < -0.39 is 11.2 Å². The second-order valence-electron chi connectivity index (χ2n) is 14.7. The summed E-state index contributed by atoms with van der Waals surface area (Å²) in [6, 6.07) is 14.6. The summed E-state index contributed by atoms with van der Waals surface area (Å²) in [5.41, 5.74) is 5.26. The molecule has 48 heavy (non-hydrogen) atoms. The molecule has 10 heteroatoms. The van der Waals surface area contributed by atoms with E-state index in [0.717, 1.165) is 71.6 Å². The van der Waals surface area contributed by atoms with E-state index in [-0.39, 0.29) is 24.1 Å². The minimum Gasteiger partial charge on any atom is -0.444 e. The molecule has 1 saturated heterocycles. The number of imidazole rings is 2. The van der Waals surface area contributed by atoms with Crippen LogP contribution in [-0.4, -0.2) is 61.3 Å². The van der Waals surface area contributed by atoms with Crippen molar-refractivity contribution in [2.45, 2.75) is 104 Å². The number of aromatic amines is 2. The fourth-order valence-electron chi connectivity index (χ4n) is 5.83. The van der Waals surface area contributed by atoms with Crippen molar-refractivity contribution in [3.8, 4) is 11.3 Å². The normalized spacial score (nSPS) is 16.1. The highest BCUT2D eigenvalue weighted by Gasteiger charge is 2.34. The zero-order valence-corrected chi connectivity index (χ0v) is 29.4. The van der Waals surface area contributed by atoms with Crippen LogP contribution in [0.2, 0.25) is 0 Å². The summed E-state index contributed by atoms with van der Waals surface area (Å²) in [7, 11) is 0. The Morgan fingerprint density at radius 1 is 1.04 bits per heavy atom. The van der Waals surface area contributed by atoms with E-state index in [0.29, 0.717) is 13.1 Å². The third-order valence-corrected chi connectivity index (χ3v) is 8.19. The molecule has 0 radical (unpaired) electrons. The van der Waals surface area contributed by atoms with Crippen LogP contribution in [0.5, 0.6) is 0 Å². The molecular weight excluding hydrogens is 604 g/mol. The van der Waals surface area contributed by atoms with Crippen LogP contribution in [0.15, 0.2) is 54.7 Å². The van der Waals surface area contributed by atoms with Crippen LogP contribution in [0.25, 0.3) is 28.4 Å². The summed E-state index contributed by atoms with van der Waals surface area (Å²) in [5, 5.41) is 2.82. The van der Waals surface area contributed by atoms with Gasteiger partial charge in [-0.2, -0.15) is 0 Å². The number of carbonyl (C=O) groups is 2. The van der Waals surface area contributed by atoms with E-state index in [2.05, 4.69) is 81.8 Å². The number of likely N-dealkylation sites (tertiary alicyclic amines) is 1. The van der Waals surface area contributed by atoms with E-state index in [1.807, 2.05) is 47.7 Å². The van der Waals surface area contributed by atoms with Crippen LogP contribution in [0.3, 0.4) is 0 Å². The molecule has 2 aromatic carbocycles. The van der Waals surface area contributed by atoms with Crippen molar-refractivity contribution < 1.29 is 19.1 Å². The van der Waals surface area contributed by atoms with Gasteiger partial charge in [-0.05, 0) is 102 Å². The van der Waals surface area contributed by atoms with Crippen LogP contribution in [0, 0.1) is 0 Å². The Labute approximate surface area is 283 Å². The summed E-state index contributed by atoms with van der Waals surface area (Å²) >= 11 is 0. The SMILES string of the molecule is CC(CCCNC(=O)OC(C)(C)C)c1nc2ccc(C/C=C/c3ccc(-c4cnc(C5CCCN5C(=O)OC(C)(C)C)[nH]4)cc3)cc2[nH]1. The monoisotopic (exact) mass is 654 g/mol. The summed E-state index contributed by atoms with van der Waals surface area (Å²) in [6.45, 7) is 14.6. The average Bonchev–Trinajstić information content (AvgIpc) is 3.77. The molecule has 0 spiro atoms. The van der Waals surface area contributed by atoms with Crippen molar-refractivity contribution in [3.63, 3.8) is 0 Å². The number of alkyl carbamates (subject to hydrolysis) is 1. The maximum atomic E-state index is 12.7. The molecule has 0 bridgehead atoms. The molecular formula is C38H50N6O4. The van der Waals surface area contributed by atoms with Crippen molar-refractivity contribution >= 4 is 29.3 Å². The molecule has 10 nitrogen and oxygen atoms in total. The molecule has 3 N–H and O–H groups in total. The van der Waals surface area contributed by atoms with Gasteiger partial charge >= 0.3 is 12.2 Å². The molecule has 256 valence electrons. The van der Waals surface area contributed by atoms with E-state index in [9.17, 15) is 9.59 Å². The zero-order chi connectivity index (χ0) is 34.5. The summed E-state index contributed by atoms with van der Waals surface area (Å²) in [5.74, 6) is 2.00. The molecule has 4 aromatic rings. The van der Waals surface area contributed by atoms with Gasteiger partial charge in [0.2, 0.25) is 0 Å². The van der Waals surface area contributed by atoms with Gasteiger partial charge in [-0.3, -0.25) is 4.90 Å². The minimum absolute atomic E-state index is 0.105. The number of nitrogens with zero attached hydrogens (tertiary/aromatic N) is 3. The molecule has 5 rings (SSSR count). The first-order valence-electron chi connectivity index (χ1n) is 17.0. The van der Waals surface area contributed by atoms with Gasteiger partial charge in [0.05, 0.1) is 29.0 Å². The average molecular weight is 655 g/mol. The Hall–Kier alpha value is -4.60. The lowest BCUT2D eigenvalue weighted by Gasteiger charge is -2.27. The van der Waals surface area contributed by atoms with Crippen LogP contribution in [0.4, 0.5) is 9.59 Å². The lowest BCUT2D eigenvalue weighted by Crippen LogP contribution is -2.36. The number of amides is 2. The number of H-pyrrole nitrogens is 2. The highest BCUT2D eigenvalue weighted by molar-refractivity contribution is 5.76. The van der Waals surface area contributed by atoms with Crippen molar-refractivity contribution in [2.75, 3.05) is 13.1 Å². The fourth-order valence-corrected chi connectivity index (χ4v) is 5.83. The number of hydrogen-bond acceptors (Lipinski definition) is 6. The third kappa shape index (κ3) is 9.49. The molecule has 2 amide bonds. The Morgan fingerprint density at radius 2 is 1.79 bits per heavy atom. The van der Waals surface area contributed by atoms with Crippen LogP contribution in [-0.2, 0) is 15.9 Å². The zero-order valence-electron chi connectivity index (χ0n) is 29.4. The van der Waals surface area contributed by atoms with E-state index in [1.54, 1.807) is 4.90 Å². The Bertz CT molecular complexity index is 1720. The summed E-state index contributed by atoms with van der Waals surface area (Å²) in [4.78, 5) is 42.8. The van der Waals surface area contributed by atoms with Crippen LogP contribution in [0.1, 0.15) is 109 Å². The molecule has 1 aliphatic heterocycles. The maximum Gasteiger partial charge on any atom is 0.410 e. The number of allylic oxidation sites excluding steroid dienone is 1. The number of ether oxygens (including phenoxy) is 2. The lowest BCUT2D eigenvalue weighted by molar-refractivity contribution is 0.0218. The van der Waals surface area contributed by atoms with Crippen molar-refractivity contribution in [2.24, 2.45) is 0 Å². The highest BCUT2D eigenvalue weighted by Crippen LogP contribution is 2.33. The van der Waals surface area contributed by atoms with Crippen molar-refractivity contribution in [3.05, 3.63) is 77.5 Å². The highest BCUT2D eigenvalue weighted by atomic mass is 16.6. The topological polar surface area (TPSA) is 125 Å². The standard InChI is InChI=1S/C38H50N6O4/c1-25(11-9-21-39-35(45)47-37(2,3)4)33-41-29-20-17-27(23-30(29)42-33)13-8-12-26-15-18-28(19-16-26)31-24-40-34(43-31)32-14-10-22-44(32)36(46)48-38(5,6)7/h8,12,15-20,23-25,32H,9-11,13-14,21-22H2,1-7H3,(H,39,45)(H,40,43)(H,41,42)/b12-8+. The number of hydrogen-bond donors (Lipinski definition) is 3. The number of aromatic nitrogens is 4. The lowest BCUT2D eigenvalue weighted by atomic mass is 10.1. The predicted octanol–water partition coefficient (Wildman–Crippen LogP) is 8.69.